The summed E-state index contributed by atoms with van der Waals surface area (Å²) in [6.45, 7) is 12.6. The Morgan fingerprint density at radius 3 is 2.38 bits per heavy atom. The van der Waals surface area contributed by atoms with Crippen molar-refractivity contribution in [1.29, 1.82) is 0 Å². The predicted octanol–water partition coefficient (Wildman–Crippen LogP) is 3.89. The second-order valence-electron chi connectivity index (χ2n) is 5.49. The molecule has 0 bridgehead atoms. The zero-order chi connectivity index (χ0) is 11.9. The van der Waals surface area contributed by atoms with Crippen LogP contribution in [0, 0.1) is 6.92 Å². The molecule has 88 valence electrons. The minimum Gasteiger partial charge on any atom is -0.368 e. The van der Waals surface area contributed by atoms with Gasteiger partial charge in [0.15, 0.2) is 0 Å². The predicted molar refractivity (Wildman–Crippen MR) is 71.5 cm³/mol. The van der Waals surface area contributed by atoms with E-state index in [2.05, 4.69) is 51.7 Å². The first-order chi connectivity index (χ1) is 7.52. The van der Waals surface area contributed by atoms with Gasteiger partial charge in [-0.15, -0.1) is 0 Å². The summed E-state index contributed by atoms with van der Waals surface area (Å²) in [6.07, 6.45) is 1.22. The van der Waals surface area contributed by atoms with Crippen molar-refractivity contribution >= 4 is 5.69 Å². The molecule has 1 aromatic rings. The number of benzene rings is 1. The molecule has 16 heavy (non-hydrogen) atoms. The fourth-order valence-electron chi connectivity index (χ4n) is 2.83. The first-order valence-electron chi connectivity index (χ1n) is 6.41. The number of hydrogen-bond donors (Lipinski definition) is 0. The Balaban J connectivity index is 2.53. The minimum absolute atomic E-state index is 0.613. The van der Waals surface area contributed by atoms with E-state index in [-0.39, 0.29) is 0 Å². The first-order valence-corrected chi connectivity index (χ1v) is 6.41. The Labute approximate surface area is 99.5 Å². The summed E-state index contributed by atoms with van der Waals surface area (Å²) in [7, 11) is 0. The van der Waals surface area contributed by atoms with Gasteiger partial charge in [-0.25, -0.2) is 0 Å². The van der Waals surface area contributed by atoms with Crippen LogP contribution in [0.3, 0.4) is 0 Å². The maximum atomic E-state index is 2.55. The summed E-state index contributed by atoms with van der Waals surface area (Å²) in [5.74, 6) is 0.640. The van der Waals surface area contributed by atoms with Crippen LogP contribution < -0.4 is 4.90 Å². The smallest absolute Gasteiger partial charge is 0.0434 e. The quantitative estimate of drug-likeness (QED) is 0.726. The lowest BCUT2D eigenvalue weighted by molar-refractivity contribution is 0.708. The molecule has 1 aliphatic heterocycles. The van der Waals surface area contributed by atoms with Gasteiger partial charge in [-0.2, -0.15) is 0 Å². The first kappa shape index (κ1) is 11.5. The Kier molecular flexibility index (Phi) is 2.96. The fraction of sp³-hybridized carbons (Fsp3) is 0.600. The van der Waals surface area contributed by atoms with E-state index in [4.69, 9.17) is 0 Å². The van der Waals surface area contributed by atoms with Crippen molar-refractivity contribution in [3.8, 4) is 0 Å². The van der Waals surface area contributed by atoms with Gasteiger partial charge in [0.05, 0.1) is 0 Å². The van der Waals surface area contributed by atoms with Gasteiger partial charge >= 0.3 is 0 Å². The summed E-state index contributed by atoms with van der Waals surface area (Å²) < 4.78 is 0. The van der Waals surface area contributed by atoms with Crippen LogP contribution in [0.25, 0.3) is 0 Å². The van der Waals surface area contributed by atoms with E-state index in [0.29, 0.717) is 12.0 Å². The second-order valence-corrected chi connectivity index (χ2v) is 5.49. The largest absolute Gasteiger partial charge is 0.368 e. The number of anilines is 1. The Bertz CT molecular complexity index is 391. The van der Waals surface area contributed by atoms with Crippen molar-refractivity contribution in [2.75, 3.05) is 11.4 Å². The molecule has 2 rings (SSSR count). The highest BCUT2D eigenvalue weighted by molar-refractivity contribution is 5.66. The maximum Gasteiger partial charge on any atom is 0.0434 e. The molecule has 0 saturated heterocycles. The van der Waals surface area contributed by atoms with Gasteiger partial charge in [0, 0.05) is 18.3 Å². The summed E-state index contributed by atoms with van der Waals surface area (Å²) >= 11 is 0. The van der Waals surface area contributed by atoms with Crippen LogP contribution in [-0.2, 0) is 6.42 Å². The number of aryl methyl sites for hydroxylation is 1. The number of nitrogens with zero attached hydrogens (tertiary/aromatic N) is 1. The average Bonchev–Trinajstić information content (AvgIpc) is 2.62. The fourth-order valence-corrected chi connectivity index (χ4v) is 2.83. The monoisotopic (exact) mass is 217 g/mol. The Morgan fingerprint density at radius 2 is 1.81 bits per heavy atom. The van der Waals surface area contributed by atoms with Crippen LogP contribution in [0.1, 0.15) is 50.3 Å². The van der Waals surface area contributed by atoms with Crippen LogP contribution >= 0.6 is 0 Å². The van der Waals surface area contributed by atoms with Crippen LogP contribution in [0.4, 0.5) is 5.69 Å². The zero-order valence-electron chi connectivity index (χ0n) is 11.2. The highest BCUT2D eigenvalue weighted by Crippen LogP contribution is 2.37. The molecular weight excluding hydrogens is 194 g/mol. The molecule has 0 radical (unpaired) electrons. The molecule has 1 nitrogen and oxygen atoms in total. The maximum absolute atomic E-state index is 2.55. The van der Waals surface area contributed by atoms with Gasteiger partial charge in [-0.1, -0.05) is 26.0 Å². The van der Waals surface area contributed by atoms with E-state index < -0.39 is 0 Å². The van der Waals surface area contributed by atoms with E-state index in [0.717, 1.165) is 0 Å². The van der Waals surface area contributed by atoms with Gasteiger partial charge in [0.25, 0.3) is 0 Å². The zero-order valence-corrected chi connectivity index (χ0v) is 11.2. The van der Waals surface area contributed by atoms with Crippen molar-refractivity contribution in [1.82, 2.24) is 0 Å². The number of rotatable bonds is 2. The van der Waals surface area contributed by atoms with Gasteiger partial charge in [-0.05, 0) is 49.8 Å². The number of fused-ring (bicyclic) bond motifs is 1. The Hall–Kier alpha value is -0.980. The Morgan fingerprint density at radius 1 is 1.12 bits per heavy atom. The summed E-state index contributed by atoms with van der Waals surface area (Å²) in [6, 6.07) is 5.22. The highest BCUT2D eigenvalue weighted by atomic mass is 15.2. The molecule has 0 saturated carbocycles. The third-order valence-corrected chi connectivity index (χ3v) is 3.66. The normalized spacial score (nSPS) is 15.1. The summed E-state index contributed by atoms with van der Waals surface area (Å²) in [5.41, 5.74) is 6.10. The van der Waals surface area contributed by atoms with E-state index in [9.17, 15) is 0 Å². The molecular formula is C15H23N. The SMILES string of the molecule is Cc1ccc(C(C)C)c2c1N(C(C)C)CC2. The van der Waals surface area contributed by atoms with Gasteiger partial charge in [-0.3, -0.25) is 0 Å². The van der Waals surface area contributed by atoms with Crippen LogP contribution in [0.2, 0.25) is 0 Å². The van der Waals surface area contributed by atoms with Crippen LogP contribution in [-0.4, -0.2) is 12.6 Å². The molecule has 0 aliphatic carbocycles. The summed E-state index contributed by atoms with van der Waals surface area (Å²) in [5, 5.41) is 0. The van der Waals surface area contributed by atoms with E-state index >= 15 is 0 Å². The van der Waals surface area contributed by atoms with Crippen molar-refractivity contribution in [3.63, 3.8) is 0 Å². The van der Waals surface area contributed by atoms with Gasteiger partial charge < -0.3 is 4.90 Å². The summed E-state index contributed by atoms with van der Waals surface area (Å²) in [4.78, 5) is 2.55. The third-order valence-electron chi connectivity index (χ3n) is 3.66. The number of hydrogen-bond acceptors (Lipinski definition) is 1. The molecule has 0 unspecified atom stereocenters. The third kappa shape index (κ3) is 1.73. The second kappa shape index (κ2) is 4.12. The van der Waals surface area contributed by atoms with Crippen LogP contribution in [0.15, 0.2) is 12.1 Å². The highest BCUT2D eigenvalue weighted by Gasteiger charge is 2.25. The van der Waals surface area contributed by atoms with Crippen molar-refractivity contribution in [2.45, 2.75) is 53.0 Å². The molecule has 0 amide bonds. The standard InChI is InChI=1S/C15H23N/c1-10(2)13-7-6-12(5)15-14(13)8-9-16(15)11(3)4/h6-7,10-11H,8-9H2,1-5H3. The molecule has 1 aliphatic rings. The molecule has 1 heteroatoms. The van der Waals surface area contributed by atoms with Gasteiger partial charge in [0.1, 0.15) is 0 Å². The lowest BCUT2D eigenvalue weighted by Crippen LogP contribution is -2.28. The molecule has 0 N–H and O–H groups in total. The van der Waals surface area contributed by atoms with Crippen molar-refractivity contribution < 1.29 is 0 Å². The molecule has 1 aromatic carbocycles. The topological polar surface area (TPSA) is 3.24 Å². The van der Waals surface area contributed by atoms with E-state index in [1.165, 1.54) is 24.2 Å². The van der Waals surface area contributed by atoms with E-state index in [1.807, 2.05) is 0 Å². The van der Waals surface area contributed by atoms with E-state index in [1.54, 1.807) is 11.1 Å². The molecule has 0 aromatic heterocycles. The molecule has 0 fully saturated rings. The minimum atomic E-state index is 0.613. The lowest BCUT2D eigenvalue weighted by atomic mass is 9.93. The van der Waals surface area contributed by atoms with Crippen molar-refractivity contribution in [2.24, 2.45) is 0 Å². The van der Waals surface area contributed by atoms with Crippen LogP contribution in [0.5, 0.6) is 0 Å². The molecule has 1 heterocycles. The molecule has 0 spiro atoms. The molecule has 0 atom stereocenters. The lowest BCUT2D eigenvalue weighted by Gasteiger charge is -2.26. The van der Waals surface area contributed by atoms with Crippen molar-refractivity contribution in [3.05, 3.63) is 28.8 Å². The average molecular weight is 217 g/mol. The van der Waals surface area contributed by atoms with Gasteiger partial charge in [0.2, 0.25) is 0 Å².